The highest BCUT2D eigenvalue weighted by molar-refractivity contribution is 7.56. The number of allylic oxidation sites excluding steroid dienone is 1. The van der Waals surface area contributed by atoms with Gasteiger partial charge < -0.3 is 48.6 Å². The third-order valence-electron chi connectivity index (χ3n) is 4.65. The van der Waals surface area contributed by atoms with Gasteiger partial charge in [0.2, 0.25) is 11.6 Å². The molecule has 0 saturated carbocycles. The molecule has 198 valence electrons. The molecule has 3 heterocycles. The van der Waals surface area contributed by atoms with Gasteiger partial charge in [-0.05, 0) is 13.8 Å². The van der Waals surface area contributed by atoms with Gasteiger partial charge in [-0.1, -0.05) is 0 Å². The number of hydrogen-bond donors (Lipinski definition) is 5. The molecular weight excluding hydrogens is 512 g/mol. The zero-order valence-electron chi connectivity index (χ0n) is 19.1. The molecule has 0 aromatic rings. The summed E-state index contributed by atoms with van der Waals surface area (Å²) in [6, 6.07) is 0. The smallest absolute Gasteiger partial charge is 0.365 e. The SMILES string of the molecule is CCOP(=O)(OCC)C(O)(O)C=O.O=C1C=C(N2CC2)C(=O)C(N2CC2)=C1N1CC1.O=P(O)(O)O. The quantitative estimate of drug-likeness (QED) is 0.0726. The molecule has 4 rings (SSSR count). The van der Waals surface area contributed by atoms with Gasteiger partial charge in [0.15, 0.2) is 6.29 Å². The predicted octanol–water partition coefficient (Wildman–Crippen LogP) is -1.66. The predicted molar refractivity (Wildman–Crippen MR) is 118 cm³/mol. The minimum Gasteiger partial charge on any atom is -0.365 e. The van der Waals surface area contributed by atoms with Crippen molar-refractivity contribution in [1.29, 1.82) is 0 Å². The summed E-state index contributed by atoms with van der Waals surface area (Å²) in [5.41, 5.74) is -1.18. The molecule has 0 amide bonds. The minimum atomic E-state index is -4.64. The molecule has 3 saturated heterocycles. The number of carbonyl (C=O) groups excluding carboxylic acids is 3. The number of carbonyl (C=O) groups is 3. The van der Waals surface area contributed by atoms with Crippen LogP contribution in [0, 0.1) is 0 Å². The van der Waals surface area contributed by atoms with Gasteiger partial charge in [-0.25, -0.2) is 4.57 Å². The summed E-state index contributed by atoms with van der Waals surface area (Å²) in [5.74, 6) is 0.0485. The highest BCUT2D eigenvalue weighted by Crippen LogP contribution is 2.56. The van der Waals surface area contributed by atoms with E-state index in [4.69, 9.17) is 29.5 Å². The maximum atomic E-state index is 12.4. The van der Waals surface area contributed by atoms with Gasteiger partial charge in [0.25, 0.3) is 0 Å². The van der Waals surface area contributed by atoms with Crippen molar-refractivity contribution in [3.8, 4) is 0 Å². The summed E-state index contributed by atoms with van der Waals surface area (Å²) in [6.07, 6.45) is 1.25. The van der Waals surface area contributed by atoms with Crippen LogP contribution in [0.3, 0.4) is 0 Å². The van der Waals surface area contributed by atoms with E-state index in [1.54, 1.807) is 0 Å². The van der Waals surface area contributed by atoms with Gasteiger partial charge in [-0.3, -0.25) is 18.9 Å². The van der Waals surface area contributed by atoms with Crippen molar-refractivity contribution in [2.75, 3.05) is 52.5 Å². The van der Waals surface area contributed by atoms with Crippen molar-refractivity contribution >= 4 is 33.3 Å². The number of ketones is 2. The van der Waals surface area contributed by atoms with Crippen LogP contribution in [0.15, 0.2) is 23.2 Å². The zero-order chi connectivity index (χ0) is 26.6. The molecule has 0 bridgehead atoms. The van der Waals surface area contributed by atoms with E-state index < -0.39 is 20.9 Å². The molecule has 0 radical (unpaired) electrons. The number of aldehydes is 1. The molecule has 0 aromatic heterocycles. The maximum Gasteiger partial charge on any atom is 0.466 e. The van der Waals surface area contributed by atoms with E-state index in [0.717, 1.165) is 39.3 Å². The Morgan fingerprint density at radius 2 is 1.29 bits per heavy atom. The Balaban J connectivity index is 0.000000215. The lowest BCUT2D eigenvalue weighted by Gasteiger charge is -2.24. The van der Waals surface area contributed by atoms with Crippen LogP contribution in [0.4, 0.5) is 0 Å². The molecule has 0 spiro atoms. The summed E-state index contributed by atoms with van der Waals surface area (Å²) in [5, 5.41) is 18.0. The average molecular weight is 541 g/mol. The van der Waals surface area contributed by atoms with Crippen molar-refractivity contribution < 1.29 is 57.5 Å². The van der Waals surface area contributed by atoms with Crippen LogP contribution in [0.5, 0.6) is 0 Å². The van der Waals surface area contributed by atoms with Crippen LogP contribution in [0.2, 0.25) is 0 Å². The Labute approximate surface area is 201 Å². The van der Waals surface area contributed by atoms with Gasteiger partial charge >= 0.3 is 20.9 Å². The van der Waals surface area contributed by atoms with E-state index in [1.807, 2.05) is 14.7 Å². The zero-order valence-corrected chi connectivity index (χ0v) is 20.9. The summed E-state index contributed by atoms with van der Waals surface area (Å²) >= 11 is 0. The topological polar surface area (TPSA) is 214 Å². The van der Waals surface area contributed by atoms with Gasteiger partial charge in [-0.2, -0.15) is 0 Å². The number of hydrogen-bond acceptors (Lipinski definition) is 12. The Morgan fingerprint density at radius 1 is 0.886 bits per heavy atom. The number of Topliss-reactive ketones (excluding diaryl/α,β-unsaturated/α-hetero) is 1. The first-order chi connectivity index (χ1) is 16.2. The molecule has 1 aliphatic carbocycles. The molecular formula is C18H29N3O12P2. The van der Waals surface area contributed by atoms with Gasteiger partial charge in [-0.15, -0.1) is 0 Å². The van der Waals surface area contributed by atoms with Crippen LogP contribution in [0.25, 0.3) is 0 Å². The molecule has 3 fully saturated rings. The second-order valence-corrected chi connectivity index (χ2v) is 10.7. The first-order valence-electron chi connectivity index (χ1n) is 10.6. The van der Waals surface area contributed by atoms with Crippen LogP contribution >= 0.6 is 15.4 Å². The van der Waals surface area contributed by atoms with E-state index in [1.165, 1.54) is 19.9 Å². The number of aliphatic hydroxyl groups is 2. The average Bonchev–Trinajstić information content (AvgIpc) is 3.60. The number of phosphoric acid groups is 1. The maximum absolute atomic E-state index is 12.4. The van der Waals surface area contributed by atoms with Crippen LogP contribution in [0.1, 0.15) is 13.8 Å². The Bertz CT molecular complexity index is 974. The molecule has 0 atom stereocenters. The van der Waals surface area contributed by atoms with Crippen LogP contribution in [-0.2, 0) is 32.6 Å². The lowest BCUT2D eigenvalue weighted by Crippen LogP contribution is -2.32. The van der Waals surface area contributed by atoms with E-state index >= 15 is 0 Å². The molecule has 5 N–H and O–H groups in total. The minimum absolute atomic E-state index is 0.00546. The van der Waals surface area contributed by atoms with Crippen LogP contribution < -0.4 is 0 Å². The number of nitrogens with zero attached hydrogens (tertiary/aromatic N) is 3. The fourth-order valence-electron chi connectivity index (χ4n) is 2.91. The summed E-state index contributed by atoms with van der Waals surface area (Å²) in [6.45, 7) is 8.30. The summed E-state index contributed by atoms with van der Waals surface area (Å²) < 4.78 is 29.4. The molecule has 4 aliphatic rings. The second kappa shape index (κ2) is 11.4. The van der Waals surface area contributed by atoms with Crippen LogP contribution in [-0.4, -0.2) is 115 Å². The lowest BCUT2D eigenvalue weighted by atomic mass is 10.0. The number of rotatable bonds is 9. The summed E-state index contributed by atoms with van der Waals surface area (Å²) in [4.78, 5) is 62.2. The van der Waals surface area contributed by atoms with Crippen molar-refractivity contribution in [3.63, 3.8) is 0 Å². The van der Waals surface area contributed by atoms with Gasteiger partial charge in [0.05, 0.1) is 18.9 Å². The Morgan fingerprint density at radius 3 is 1.63 bits per heavy atom. The normalized spacial score (nSPS) is 19.4. The molecule has 3 aliphatic heterocycles. The third-order valence-corrected chi connectivity index (χ3v) is 6.76. The molecule has 0 aromatic carbocycles. The van der Waals surface area contributed by atoms with Crippen molar-refractivity contribution in [3.05, 3.63) is 23.2 Å². The van der Waals surface area contributed by atoms with Crippen molar-refractivity contribution in [2.45, 2.75) is 19.4 Å². The monoisotopic (exact) mass is 541 g/mol. The first kappa shape index (κ1) is 29.3. The molecule has 0 unspecified atom stereocenters. The fraction of sp³-hybridized carbons (Fsp3) is 0.611. The highest BCUT2D eigenvalue weighted by Gasteiger charge is 2.49. The Kier molecular flexibility index (Phi) is 9.56. The Hall–Kier alpha value is -1.93. The van der Waals surface area contributed by atoms with Crippen molar-refractivity contribution in [2.24, 2.45) is 0 Å². The molecule has 35 heavy (non-hydrogen) atoms. The molecule has 17 heteroatoms. The van der Waals surface area contributed by atoms with Gasteiger partial charge in [0, 0.05) is 45.3 Å². The van der Waals surface area contributed by atoms with E-state index in [-0.39, 0.29) is 31.1 Å². The highest BCUT2D eigenvalue weighted by atomic mass is 31.2. The first-order valence-corrected chi connectivity index (χ1v) is 13.7. The third kappa shape index (κ3) is 8.31. The van der Waals surface area contributed by atoms with Crippen molar-refractivity contribution in [1.82, 2.24) is 14.7 Å². The van der Waals surface area contributed by atoms with E-state index in [9.17, 15) is 18.9 Å². The van der Waals surface area contributed by atoms with Gasteiger partial charge in [0.1, 0.15) is 11.4 Å². The largest absolute Gasteiger partial charge is 0.466 e. The standard InChI is InChI=1S/C12H13N3O2.C6H13O6P.H3O4P/c16-9-7-8(13-1-2-13)12(17)11(15-5-6-15)10(9)14-3-4-14;1-3-11-13(10,12-4-2)6(8,9)5-7;1-5(2,3)4/h7H,1-6H2;5,8-9H,3-4H2,1-2H3;(H3,1,2,3,4). The lowest BCUT2D eigenvalue weighted by molar-refractivity contribution is -0.147. The molecule has 15 nitrogen and oxygen atoms in total. The fourth-order valence-corrected chi connectivity index (χ4v) is 4.17. The second-order valence-electron chi connectivity index (χ2n) is 7.53. The van der Waals surface area contributed by atoms with E-state index in [2.05, 4.69) is 9.05 Å². The summed E-state index contributed by atoms with van der Waals surface area (Å²) in [7, 11) is -8.82. The van der Waals surface area contributed by atoms with E-state index in [0.29, 0.717) is 17.1 Å².